The minimum Gasteiger partial charge on any atom is -0.454 e. The van der Waals surface area contributed by atoms with Crippen molar-refractivity contribution in [3.8, 4) is 11.5 Å². The molecule has 0 radical (unpaired) electrons. The van der Waals surface area contributed by atoms with Gasteiger partial charge in [0.05, 0.1) is 6.04 Å². The number of para-hydroxylation sites is 1. The minimum absolute atomic E-state index is 0.0446. The van der Waals surface area contributed by atoms with Crippen LogP contribution in [0.5, 0.6) is 11.5 Å². The highest BCUT2D eigenvalue weighted by Gasteiger charge is 2.58. The van der Waals surface area contributed by atoms with E-state index in [-0.39, 0.29) is 24.6 Å². The highest BCUT2D eigenvalue weighted by atomic mass is 16.7. The maximum absolute atomic E-state index is 14.4. The Morgan fingerprint density at radius 3 is 2.65 bits per heavy atom. The summed E-state index contributed by atoms with van der Waals surface area (Å²) in [6, 6.07) is 13.1. The Balaban J connectivity index is 1.45. The van der Waals surface area contributed by atoms with Crippen LogP contribution in [-0.2, 0) is 16.0 Å². The fraction of sp³-hybridized carbons (Fsp3) is 0.407. The Morgan fingerprint density at radius 2 is 1.79 bits per heavy atom. The smallest absolute Gasteiger partial charge is 0.250 e. The third-order valence-corrected chi connectivity index (χ3v) is 8.41. The predicted octanol–water partition coefficient (Wildman–Crippen LogP) is 3.91. The first kappa shape index (κ1) is 19.9. The molecule has 4 heterocycles. The number of aromatic amines is 1. The fourth-order valence-electron chi connectivity index (χ4n) is 6.66. The molecular formula is C27H27N3O4. The molecule has 7 rings (SSSR count). The monoisotopic (exact) mass is 457 g/mol. The number of rotatable bonds is 1. The van der Waals surface area contributed by atoms with E-state index in [1.807, 2.05) is 42.3 Å². The van der Waals surface area contributed by atoms with Gasteiger partial charge in [-0.3, -0.25) is 9.59 Å². The minimum atomic E-state index is -0.746. The van der Waals surface area contributed by atoms with Gasteiger partial charge >= 0.3 is 0 Å². The van der Waals surface area contributed by atoms with Gasteiger partial charge in [-0.2, -0.15) is 0 Å². The number of carbonyl (C=O) groups is 2. The Morgan fingerprint density at radius 1 is 1.00 bits per heavy atom. The van der Waals surface area contributed by atoms with Crippen LogP contribution in [0.1, 0.15) is 55.0 Å². The number of likely N-dealkylation sites (N-methyl/N-ethyl adjacent to an activating group) is 1. The molecule has 7 nitrogen and oxygen atoms in total. The first-order chi connectivity index (χ1) is 16.6. The van der Waals surface area contributed by atoms with Crippen molar-refractivity contribution in [2.75, 3.05) is 13.8 Å². The van der Waals surface area contributed by atoms with Crippen molar-refractivity contribution in [3.63, 3.8) is 0 Å². The maximum Gasteiger partial charge on any atom is 0.250 e. The molecule has 1 spiro atoms. The van der Waals surface area contributed by atoms with Crippen LogP contribution in [0.4, 0.5) is 0 Å². The van der Waals surface area contributed by atoms with Gasteiger partial charge in [0, 0.05) is 30.1 Å². The Labute approximate surface area is 197 Å². The summed E-state index contributed by atoms with van der Waals surface area (Å²) in [6.07, 6.45) is 5.02. The molecule has 2 atom stereocenters. The molecule has 4 aliphatic rings. The van der Waals surface area contributed by atoms with Crippen molar-refractivity contribution in [1.29, 1.82) is 0 Å². The molecule has 174 valence electrons. The summed E-state index contributed by atoms with van der Waals surface area (Å²) in [7, 11) is 1.84. The summed E-state index contributed by atoms with van der Waals surface area (Å²) >= 11 is 0. The van der Waals surface area contributed by atoms with Crippen LogP contribution in [0.25, 0.3) is 10.9 Å². The van der Waals surface area contributed by atoms with Gasteiger partial charge in [-0.25, -0.2) is 0 Å². The number of aromatic nitrogens is 1. The molecular weight excluding hydrogens is 430 g/mol. The lowest BCUT2D eigenvalue weighted by molar-refractivity contribution is -0.174. The van der Waals surface area contributed by atoms with Crippen LogP contribution in [0.2, 0.25) is 0 Å². The molecule has 1 saturated heterocycles. The van der Waals surface area contributed by atoms with E-state index in [9.17, 15) is 9.59 Å². The molecule has 2 fully saturated rings. The summed E-state index contributed by atoms with van der Waals surface area (Å²) in [5.41, 5.74) is 3.32. The van der Waals surface area contributed by atoms with E-state index < -0.39 is 11.6 Å². The third kappa shape index (κ3) is 2.52. The summed E-state index contributed by atoms with van der Waals surface area (Å²) in [6.45, 7) is 0.193. The summed E-state index contributed by atoms with van der Waals surface area (Å²) in [5.74, 6) is 1.50. The topological polar surface area (TPSA) is 74.9 Å². The molecule has 7 heteroatoms. The van der Waals surface area contributed by atoms with Crippen molar-refractivity contribution in [2.24, 2.45) is 0 Å². The largest absolute Gasteiger partial charge is 0.454 e. The summed E-state index contributed by atoms with van der Waals surface area (Å²) in [4.78, 5) is 35.6. The van der Waals surface area contributed by atoms with Crippen LogP contribution in [0, 0.1) is 0 Å². The first-order valence-electron chi connectivity index (χ1n) is 12.2. The van der Waals surface area contributed by atoms with Gasteiger partial charge in [-0.05, 0) is 42.2 Å². The number of fused-ring (bicyclic) bond motifs is 5. The number of piperazine rings is 1. The molecule has 3 aliphatic heterocycles. The van der Waals surface area contributed by atoms with Gasteiger partial charge in [0.15, 0.2) is 11.5 Å². The molecule has 34 heavy (non-hydrogen) atoms. The lowest BCUT2D eigenvalue weighted by Crippen LogP contribution is -2.72. The van der Waals surface area contributed by atoms with E-state index in [0.29, 0.717) is 17.9 Å². The zero-order valence-electron chi connectivity index (χ0n) is 19.2. The maximum atomic E-state index is 14.4. The average molecular weight is 458 g/mol. The molecule has 2 amide bonds. The molecule has 1 saturated carbocycles. The van der Waals surface area contributed by atoms with E-state index in [0.717, 1.165) is 59.8 Å². The van der Waals surface area contributed by atoms with Gasteiger partial charge in [-0.1, -0.05) is 43.5 Å². The van der Waals surface area contributed by atoms with Crippen LogP contribution >= 0.6 is 0 Å². The van der Waals surface area contributed by atoms with Crippen LogP contribution in [-0.4, -0.2) is 52.0 Å². The number of amides is 2. The molecule has 1 aliphatic carbocycles. The van der Waals surface area contributed by atoms with E-state index in [1.165, 1.54) is 0 Å². The molecule has 1 aromatic heterocycles. The van der Waals surface area contributed by atoms with Crippen molar-refractivity contribution < 1.29 is 19.1 Å². The van der Waals surface area contributed by atoms with E-state index >= 15 is 0 Å². The van der Waals surface area contributed by atoms with Gasteiger partial charge in [0.25, 0.3) is 0 Å². The Bertz CT molecular complexity index is 1340. The average Bonchev–Trinajstić information content (AvgIpc) is 3.49. The SMILES string of the molecule is CN1C(=O)C2Cc3c([nH]c4ccccc34)[C@@H](c3ccc4c(c3)OCO4)N2C(=O)C12CCCCC2. The van der Waals surface area contributed by atoms with Crippen molar-refractivity contribution in [1.82, 2.24) is 14.8 Å². The molecule has 2 aromatic carbocycles. The molecule has 1 N–H and O–H groups in total. The van der Waals surface area contributed by atoms with Crippen molar-refractivity contribution in [2.45, 2.75) is 56.1 Å². The number of nitrogens with zero attached hydrogens (tertiary/aromatic N) is 2. The van der Waals surface area contributed by atoms with E-state index in [4.69, 9.17) is 9.47 Å². The second-order valence-electron chi connectivity index (χ2n) is 10.00. The Kier molecular flexibility index (Phi) is 4.11. The standard InChI is InChI=1S/C27H27N3O4/c1-29-25(31)20-14-18-17-7-3-4-8-19(17)28-23(18)24(16-9-10-21-22(13-16)34-15-33-21)30(20)26(32)27(29)11-5-2-6-12-27/h3-4,7-10,13,20,24,28H,2,5-6,11-12,14-15H2,1H3/t20?,24-/m1/s1. The van der Waals surface area contributed by atoms with Crippen molar-refractivity contribution in [3.05, 3.63) is 59.3 Å². The lowest BCUT2D eigenvalue weighted by Gasteiger charge is -2.55. The fourth-order valence-corrected chi connectivity index (χ4v) is 6.66. The second-order valence-corrected chi connectivity index (χ2v) is 10.00. The number of hydrogen-bond donors (Lipinski definition) is 1. The number of hydrogen-bond acceptors (Lipinski definition) is 4. The lowest BCUT2D eigenvalue weighted by atomic mass is 9.74. The van der Waals surface area contributed by atoms with E-state index in [1.54, 1.807) is 4.90 Å². The third-order valence-electron chi connectivity index (χ3n) is 8.41. The van der Waals surface area contributed by atoms with Crippen LogP contribution < -0.4 is 9.47 Å². The number of carbonyl (C=O) groups excluding carboxylic acids is 2. The predicted molar refractivity (Wildman–Crippen MR) is 126 cm³/mol. The highest BCUT2D eigenvalue weighted by Crippen LogP contribution is 2.49. The second kappa shape index (κ2) is 7.01. The van der Waals surface area contributed by atoms with E-state index in [2.05, 4.69) is 17.1 Å². The summed E-state index contributed by atoms with van der Waals surface area (Å²) < 4.78 is 11.2. The van der Waals surface area contributed by atoms with Crippen LogP contribution in [0.15, 0.2) is 42.5 Å². The highest BCUT2D eigenvalue weighted by molar-refractivity contribution is 6.01. The number of benzene rings is 2. The normalized spacial score (nSPS) is 25.1. The quantitative estimate of drug-likeness (QED) is 0.601. The number of H-pyrrole nitrogens is 1. The molecule has 1 unspecified atom stereocenters. The first-order valence-corrected chi connectivity index (χ1v) is 12.2. The number of nitrogens with one attached hydrogen (secondary N) is 1. The van der Waals surface area contributed by atoms with Gasteiger partial charge in [0.1, 0.15) is 11.6 Å². The molecule has 3 aromatic rings. The van der Waals surface area contributed by atoms with Gasteiger partial charge in [0.2, 0.25) is 18.6 Å². The summed E-state index contributed by atoms with van der Waals surface area (Å²) in [5, 5.41) is 1.11. The molecule has 0 bridgehead atoms. The van der Waals surface area contributed by atoms with Crippen LogP contribution in [0.3, 0.4) is 0 Å². The zero-order valence-corrected chi connectivity index (χ0v) is 19.2. The zero-order chi connectivity index (χ0) is 23.0. The Hall–Kier alpha value is -3.48. The van der Waals surface area contributed by atoms with Crippen molar-refractivity contribution >= 4 is 22.7 Å². The van der Waals surface area contributed by atoms with Gasteiger partial charge < -0.3 is 24.3 Å². The van der Waals surface area contributed by atoms with Gasteiger partial charge in [-0.15, -0.1) is 0 Å². The number of ether oxygens (including phenoxy) is 2.